The molecule has 0 radical (unpaired) electrons. The summed E-state index contributed by atoms with van der Waals surface area (Å²) in [7, 11) is 0. The third-order valence-electron chi connectivity index (χ3n) is 2.00. The summed E-state index contributed by atoms with van der Waals surface area (Å²) in [6.07, 6.45) is 1.18. The molecule has 0 aliphatic heterocycles. The molecule has 15 heavy (non-hydrogen) atoms. The average Bonchev–Trinajstić information content (AvgIpc) is 2.16. The van der Waals surface area contributed by atoms with Crippen LogP contribution in [0.25, 0.3) is 0 Å². The topological polar surface area (TPSA) is 36.7 Å². The van der Waals surface area contributed by atoms with Gasteiger partial charge in [0.15, 0.2) is 0 Å². The van der Waals surface area contributed by atoms with E-state index in [1.54, 1.807) is 11.8 Å². The zero-order chi connectivity index (χ0) is 11.3. The lowest BCUT2D eigenvalue weighted by Crippen LogP contribution is -1.92. The maximum atomic E-state index is 8.81. The predicted octanol–water partition coefficient (Wildman–Crippen LogP) is 3.40. The Hall–Kier alpha value is -1.01. The second-order valence-corrected chi connectivity index (χ2v) is 5.09. The number of rotatable bonds is 4. The normalized spacial score (nSPS) is 10.3. The van der Waals surface area contributed by atoms with Gasteiger partial charge in [-0.3, -0.25) is 0 Å². The van der Waals surface area contributed by atoms with E-state index in [0.717, 1.165) is 22.4 Å². The maximum Gasteiger partial charge on any atom is 0.0993 e. The largest absolute Gasteiger partial charge is 0.247 e. The summed E-state index contributed by atoms with van der Waals surface area (Å²) in [4.78, 5) is 4.39. The molecular formula is C12H16N2S. The summed E-state index contributed by atoms with van der Waals surface area (Å²) < 4.78 is 0. The Balaban J connectivity index is 2.61. The zero-order valence-corrected chi connectivity index (χ0v) is 10.3. The molecular weight excluding hydrogens is 204 g/mol. The molecule has 3 heteroatoms. The first-order valence-corrected chi connectivity index (χ1v) is 6.12. The Morgan fingerprint density at radius 2 is 2.20 bits per heavy atom. The second-order valence-electron chi connectivity index (χ2n) is 3.98. The molecule has 0 aliphatic carbocycles. The summed E-state index contributed by atoms with van der Waals surface area (Å²) in [5.74, 6) is 1.79. The molecule has 0 aromatic carbocycles. The van der Waals surface area contributed by atoms with E-state index in [4.69, 9.17) is 5.26 Å². The van der Waals surface area contributed by atoms with E-state index >= 15 is 0 Å². The SMILES string of the molecule is Cc1cc(C#N)cc(SCCC(C)C)n1. The highest BCUT2D eigenvalue weighted by molar-refractivity contribution is 7.99. The summed E-state index contributed by atoms with van der Waals surface area (Å²) in [6.45, 7) is 6.35. The van der Waals surface area contributed by atoms with Crippen LogP contribution in [0, 0.1) is 24.2 Å². The fourth-order valence-electron chi connectivity index (χ4n) is 1.18. The predicted molar refractivity (Wildman–Crippen MR) is 63.9 cm³/mol. The third-order valence-corrected chi connectivity index (χ3v) is 2.95. The molecule has 0 saturated heterocycles. The Morgan fingerprint density at radius 1 is 1.47 bits per heavy atom. The molecule has 0 fully saturated rings. The highest BCUT2D eigenvalue weighted by Gasteiger charge is 2.01. The van der Waals surface area contributed by atoms with Crippen LogP contribution in [0.5, 0.6) is 0 Å². The molecule has 80 valence electrons. The van der Waals surface area contributed by atoms with Crippen LogP contribution in [0.2, 0.25) is 0 Å². The Labute approximate surface area is 95.7 Å². The fraction of sp³-hybridized carbons (Fsp3) is 0.500. The minimum atomic E-state index is 0.703. The van der Waals surface area contributed by atoms with Gasteiger partial charge in [-0.15, -0.1) is 11.8 Å². The lowest BCUT2D eigenvalue weighted by molar-refractivity contribution is 0.632. The van der Waals surface area contributed by atoms with E-state index in [1.807, 2.05) is 19.1 Å². The van der Waals surface area contributed by atoms with Crippen molar-refractivity contribution in [3.63, 3.8) is 0 Å². The highest BCUT2D eigenvalue weighted by Crippen LogP contribution is 2.19. The maximum absolute atomic E-state index is 8.81. The molecule has 0 bridgehead atoms. The standard InChI is InChI=1S/C12H16N2S/c1-9(2)4-5-15-12-7-11(8-13)6-10(3)14-12/h6-7,9H,4-5H2,1-3H3. The van der Waals surface area contributed by atoms with Crippen molar-refractivity contribution in [2.75, 3.05) is 5.75 Å². The minimum absolute atomic E-state index is 0.703. The number of aromatic nitrogens is 1. The van der Waals surface area contributed by atoms with Crippen LogP contribution in [0.4, 0.5) is 0 Å². The van der Waals surface area contributed by atoms with Crippen molar-refractivity contribution in [1.29, 1.82) is 5.26 Å². The van der Waals surface area contributed by atoms with E-state index < -0.39 is 0 Å². The van der Waals surface area contributed by atoms with Crippen LogP contribution in [0.3, 0.4) is 0 Å². The molecule has 0 atom stereocenters. The third kappa shape index (κ3) is 4.35. The van der Waals surface area contributed by atoms with Crippen molar-refractivity contribution in [2.24, 2.45) is 5.92 Å². The van der Waals surface area contributed by atoms with E-state index in [0.29, 0.717) is 5.56 Å². The van der Waals surface area contributed by atoms with Gasteiger partial charge in [-0.05, 0) is 37.1 Å². The van der Waals surface area contributed by atoms with Gasteiger partial charge >= 0.3 is 0 Å². The van der Waals surface area contributed by atoms with Gasteiger partial charge in [0.05, 0.1) is 16.7 Å². The van der Waals surface area contributed by atoms with Gasteiger partial charge in [0.2, 0.25) is 0 Å². The number of pyridine rings is 1. The summed E-state index contributed by atoms with van der Waals surface area (Å²) in [5.41, 5.74) is 1.62. The quantitative estimate of drug-likeness (QED) is 0.730. The summed E-state index contributed by atoms with van der Waals surface area (Å²) in [6, 6.07) is 5.83. The smallest absolute Gasteiger partial charge is 0.0993 e. The monoisotopic (exact) mass is 220 g/mol. The van der Waals surface area contributed by atoms with Gasteiger partial charge in [-0.25, -0.2) is 4.98 Å². The van der Waals surface area contributed by atoms with Crippen LogP contribution in [-0.4, -0.2) is 10.7 Å². The van der Waals surface area contributed by atoms with Crippen LogP contribution in [-0.2, 0) is 0 Å². The lowest BCUT2D eigenvalue weighted by Gasteiger charge is -2.04. The molecule has 0 saturated carbocycles. The number of hydrogen-bond donors (Lipinski definition) is 0. The van der Waals surface area contributed by atoms with Crippen molar-refractivity contribution in [2.45, 2.75) is 32.2 Å². The Morgan fingerprint density at radius 3 is 2.80 bits per heavy atom. The molecule has 0 amide bonds. The molecule has 1 heterocycles. The van der Waals surface area contributed by atoms with Crippen LogP contribution in [0.15, 0.2) is 17.2 Å². The van der Waals surface area contributed by atoms with E-state index in [9.17, 15) is 0 Å². The van der Waals surface area contributed by atoms with Crippen molar-refractivity contribution >= 4 is 11.8 Å². The zero-order valence-electron chi connectivity index (χ0n) is 9.45. The first kappa shape index (κ1) is 12.1. The summed E-state index contributed by atoms with van der Waals surface area (Å²) in [5, 5.41) is 9.78. The van der Waals surface area contributed by atoms with Crippen LogP contribution < -0.4 is 0 Å². The van der Waals surface area contributed by atoms with Crippen LogP contribution >= 0.6 is 11.8 Å². The van der Waals surface area contributed by atoms with Gasteiger partial charge in [0, 0.05) is 5.69 Å². The number of nitriles is 1. The van der Waals surface area contributed by atoms with Gasteiger partial charge in [-0.1, -0.05) is 13.8 Å². The van der Waals surface area contributed by atoms with Crippen LogP contribution in [0.1, 0.15) is 31.5 Å². The first-order chi connectivity index (χ1) is 7.11. The molecule has 0 N–H and O–H groups in total. The molecule has 0 aliphatic rings. The first-order valence-electron chi connectivity index (χ1n) is 5.13. The van der Waals surface area contributed by atoms with Crippen molar-refractivity contribution in [3.05, 3.63) is 23.4 Å². The number of aryl methyl sites for hydroxylation is 1. The van der Waals surface area contributed by atoms with Crippen molar-refractivity contribution in [1.82, 2.24) is 4.98 Å². The Bertz CT molecular complexity index is 366. The second kappa shape index (κ2) is 5.77. The molecule has 2 nitrogen and oxygen atoms in total. The van der Waals surface area contributed by atoms with Crippen molar-refractivity contribution < 1.29 is 0 Å². The molecule has 0 spiro atoms. The number of thioether (sulfide) groups is 1. The van der Waals surface area contributed by atoms with Gasteiger partial charge in [-0.2, -0.15) is 5.26 Å². The van der Waals surface area contributed by atoms with Gasteiger partial charge in [0.1, 0.15) is 0 Å². The molecule has 1 aromatic heterocycles. The molecule has 1 aromatic rings. The lowest BCUT2D eigenvalue weighted by atomic mass is 10.2. The minimum Gasteiger partial charge on any atom is -0.247 e. The number of hydrogen-bond acceptors (Lipinski definition) is 3. The van der Waals surface area contributed by atoms with Gasteiger partial charge < -0.3 is 0 Å². The average molecular weight is 220 g/mol. The van der Waals surface area contributed by atoms with E-state index in [1.165, 1.54) is 6.42 Å². The van der Waals surface area contributed by atoms with E-state index in [2.05, 4.69) is 24.9 Å². The molecule has 0 unspecified atom stereocenters. The summed E-state index contributed by atoms with van der Waals surface area (Å²) >= 11 is 1.73. The van der Waals surface area contributed by atoms with Gasteiger partial charge in [0.25, 0.3) is 0 Å². The number of nitrogens with zero attached hydrogens (tertiary/aromatic N) is 2. The highest BCUT2D eigenvalue weighted by atomic mass is 32.2. The van der Waals surface area contributed by atoms with E-state index in [-0.39, 0.29) is 0 Å². The van der Waals surface area contributed by atoms with Crippen molar-refractivity contribution in [3.8, 4) is 6.07 Å². The molecule has 1 rings (SSSR count). The Kier molecular flexibility index (Phi) is 4.64. The fourth-order valence-corrected chi connectivity index (χ4v) is 2.39.